The van der Waals surface area contributed by atoms with E-state index in [0.29, 0.717) is 0 Å². The minimum absolute atomic E-state index is 0.176. The van der Waals surface area contributed by atoms with Crippen molar-refractivity contribution in [1.29, 1.82) is 0 Å². The second-order valence-corrected chi connectivity index (χ2v) is 4.08. The molecule has 0 bridgehead atoms. The predicted octanol–water partition coefficient (Wildman–Crippen LogP) is 4.01. The van der Waals surface area contributed by atoms with E-state index < -0.39 is 11.9 Å². The van der Waals surface area contributed by atoms with E-state index in [0.717, 1.165) is 0 Å². The summed E-state index contributed by atoms with van der Waals surface area (Å²) in [4.78, 5) is 19.2. The molecule has 0 fully saturated rings. The van der Waals surface area contributed by atoms with Crippen molar-refractivity contribution in [3.05, 3.63) is 66.3 Å². The number of rotatable bonds is 3. The zero-order chi connectivity index (χ0) is 16.8. The van der Waals surface area contributed by atoms with E-state index in [9.17, 15) is 9.59 Å². The molecular weight excluding hydrogens is 268 g/mol. The molecule has 1 rings (SSSR count). The Kier molecular flexibility index (Phi) is 12.2. The molecule has 1 aromatic carbocycles. The molecule has 0 aromatic heterocycles. The van der Waals surface area contributed by atoms with Crippen molar-refractivity contribution >= 4 is 18.0 Å². The fourth-order valence-electron chi connectivity index (χ4n) is 0.757. The lowest BCUT2D eigenvalue weighted by Gasteiger charge is -1.86. The fraction of sp³-hybridized carbons (Fsp3) is 0.176. The first-order valence-electron chi connectivity index (χ1n) is 6.17. The van der Waals surface area contributed by atoms with E-state index in [4.69, 9.17) is 10.2 Å². The molecule has 0 amide bonds. The third-order valence-corrected chi connectivity index (χ3v) is 1.89. The minimum Gasteiger partial charge on any atom is -0.478 e. The minimum atomic E-state index is -0.935. The Labute approximate surface area is 125 Å². The summed E-state index contributed by atoms with van der Waals surface area (Å²) in [7, 11) is 0. The normalized spacial score (nSPS) is 8.71. The predicted molar refractivity (Wildman–Crippen MR) is 86.0 cm³/mol. The van der Waals surface area contributed by atoms with Crippen LogP contribution >= 0.6 is 0 Å². The van der Waals surface area contributed by atoms with Gasteiger partial charge in [-0.15, -0.1) is 0 Å². The van der Waals surface area contributed by atoms with Crippen LogP contribution in [0.25, 0.3) is 6.08 Å². The van der Waals surface area contributed by atoms with Crippen LogP contribution in [0.15, 0.2) is 60.7 Å². The van der Waals surface area contributed by atoms with Gasteiger partial charge in [0.2, 0.25) is 0 Å². The number of allylic oxidation sites excluding steroid dienone is 1. The molecule has 0 saturated carbocycles. The van der Waals surface area contributed by atoms with Gasteiger partial charge in [-0.05, 0) is 26.3 Å². The van der Waals surface area contributed by atoms with Gasteiger partial charge in [-0.25, -0.2) is 9.59 Å². The number of hydrogen-bond acceptors (Lipinski definition) is 2. The summed E-state index contributed by atoms with van der Waals surface area (Å²) in [5.74, 6) is -1.87. The Morgan fingerprint density at radius 3 is 1.52 bits per heavy atom. The molecule has 0 aliphatic heterocycles. The summed E-state index contributed by atoms with van der Waals surface area (Å²) >= 11 is 0. The van der Waals surface area contributed by atoms with Gasteiger partial charge in [-0.1, -0.05) is 55.6 Å². The van der Waals surface area contributed by atoms with Crippen molar-refractivity contribution in [2.45, 2.75) is 20.8 Å². The molecular formula is C17H22O4. The van der Waals surface area contributed by atoms with Crippen LogP contribution in [0.4, 0.5) is 0 Å². The van der Waals surface area contributed by atoms with E-state index in [1.54, 1.807) is 0 Å². The van der Waals surface area contributed by atoms with Gasteiger partial charge in [0.05, 0.1) is 0 Å². The molecule has 0 unspecified atom stereocenters. The number of benzene rings is 1. The topological polar surface area (TPSA) is 74.6 Å². The van der Waals surface area contributed by atoms with Gasteiger partial charge in [-0.3, -0.25) is 0 Å². The standard InChI is InChI=1S/C9H10.2C4H6O2/c1-2-6-9-7-4-3-5-8-9;2*1-3(2)4(5)6/h2-8H,1H3;2*1H2,2H3,(H,5,6). The summed E-state index contributed by atoms with van der Waals surface area (Å²) in [5, 5.41) is 15.8. The number of carbonyl (C=O) groups is 2. The monoisotopic (exact) mass is 290 g/mol. The van der Waals surface area contributed by atoms with Crippen molar-refractivity contribution in [3.63, 3.8) is 0 Å². The van der Waals surface area contributed by atoms with Gasteiger partial charge < -0.3 is 10.2 Å². The number of carboxylic acids is 2. The smallest absolute Gasteiger partial charge is 0.330 e. The molecule has 0 heterocycles. The number of hydrogen-bond donors (Lipinski definition) is 2. The van der Waals surface area contributed by atoms with Crippen LogP contribution in [-0.4, -0.2) is 22.2 Å². The van der Waals surface area contributed by atoms with E-state index in [2.05, 4.69) is 31.4 Å². The quantitative estimate of drug-likeness (QED) is 0.825. The molecule has 0 radical (unpaired) electrons. The van der Waals surface area contributed by atoms with Gasteiger partial charge in [0, 0.05) is 11.1 Å². The maximum absolute atomic E-state index is 9.60. The van der Waals surface area contributed by atoms with Crippen LogP contribution in [0, 0.1) is 0 Å². The highest BCUT2D eigenvalue weighted by Crippen LogP contribution is 1.99. The van der Waals surface area contributed by atoms with Crippen molar-refractivity contribution in [3.8, 4) is 0 Å². The summed E-state index contributed by atoms with van der Waals surface area (Å²) in [6.07, 6.45) is 4.12. The van der Waals surface area contributed by atoms with E-state index >= 15 is 0 Å². The number of carboxylic acid groups (broad SMARTS) is 2. The number of aliphatic carboxylic acids is 2. The second kappa shape index (κ2) is 12.4. The van der Waals surface area contributed by atoms with Crippen LogP contribution < -0.4 is 0 Å². The average molecular weight is 290 g/mol. The maximum Gasteiger partial charge on any atom is 0.330 e. The Morgan fingerprint density at radius 1 is 0.952 bits per heavy atom. The van der Waals surface area contributed by atoms with Gasteiger partial charge in [-0.2, -0.15) is 0 Å². The van der Waals surface area contributed by atoms with Crippen molar-refractivity contribution < 1.29 is 19.8 Å². The van der Waals surface area contributed by atoms with Gasteiger partial charge >= 0.3 is 11.9 Å². The Morgan fingerprint density at radius 2 is 1.29 bits per heavy atom. The zero-order valence-electron chi connectivity index (χ0n) is 12.7. The van der Waals surface area contributed by atoms with Crippen LogP contribution in [0.2, 0.25) is 0 Å². The fourth-order valence-corrected chi connectivity index (χ4v) is 0.757. The Hall–Kier alpha value is -2.62. The molecule has 114 valence electrons. The third-order valence-electron chi connectivity index (χ3n) is 1.89. The molecule has 0 atom stereocenters. The zero-order valence-corrected chi connectivity index (χ0v) is 12.7. The van der Waals surface area contributed by atoms with E-state index in [-0.39, 0.29) is 11.1 Å². The largest absolute Gasteiger partial charge is 0.478 e. The third kappa shape index (κ3) is 15.3. The van der Waals surface area contributed by atoms with Gasteiger partial charge in [0.25, 0.3) is 0 Å². The summed E-state index contributed by atoms with van der Waals surface area (Å²) < 4.78 is 0. The lowest BCUT2D eigenvalue weighted by Crippen LogP contribution is -1.92. The van der Waals surface area contributed by atoms with Gasteiger partial charge in [0.15, 0.2) is 0 Å². The first kappa shape index (κ1) is 20.7. The van der Waals surface area contributed by atoms with E-state index in [1.165, 1.54) is 19.4 Å². The molecule has 4 nitrogen and oxygen atoms in total. The van der Waals surface area contributed by atoms with Crippen molar-refractivity contribution in [2.75, 3.05) is 0 Å². The Balaban J connectivity index is 0. The molecule has 0 saturated heterocycles. The van der Waals surface area contributed by atoms with Crippen molar-refractivity contribution in [2.24, 2.45) is 0 Å². The summed E-state index contributed by atoms with van der Waals surface area (Å²) in [5.41, 5.74) is 1.62. The second-order valence-electron chi connectivity index (χ2n) is 4.08. The Bertz CT molecular complexity index is 451. The molecule has 0 aliphatic carbocycles. The average Bonchev–Trinajstić information content (AvgIpc) is 2.41. The van der Waals surface area contributed by atoms with Crippen molar-refractivity contribution in [1.82, 2.24) is 0 Å². The highest BCUT2D eigenvalue weighted by molar-refractivity contribution is 5.85. The first-order chi connectivity index (χ1) is 9.72. The molecule has 4 heteroatoms. The molecule has 1 aromatic rings. The molecule has 0 spiro atoms. The van der Waals surface area contributed by atoms with E-state index in [1.807, 2.05) is 31.2 Å². The van der Waals surface area contributed by atoms with Crippen LogP contribution in [0.1, 0.15) is 26.3 Å². The molecule has 21 heavy (non-hydrogen) atoms. The van der Waals surface area contributed by atoms with Crippen LogP contribution in [0.5, 0.6) is 0 Å². The lowest BCUT2D eigenvalue weighted by atomic mass is 10.2. The molecule has 0 aliphatic rings. The molecule has 2 N–H and O–H groups in total. The lowest BCUT2D eigenvalue weighted by molar-refractivity contribution is -0.133. The summed E-state index contributed by atoms with van der Waals surface area (Å²) in [6.45, 7) is 11.2. The van der Waals surface area contributed by atoms with Gasteiger partial charge in [0.1, 0.15) is 0 Å². The van der Waals surface area contributed by atoms with Crippen LogP contribution in [0.3, 0.4) is 0 Å². The van der Waals surface area contributed by atoms with Crippen LogP contribution in [-0.2, 0) is 9.59 Å². The first-order valence-corrected chi connectivity index (χ1v) is 6.17. The highest BCUT2D eigenvalue weighted by Gasteiger charge is 1.90. The maximum atomic E-state index is 9.60. The summed E-state index contributed by atoms with van der Waals surface area (Å²) in [6, 6.07) is 10.3. The SMILES string of the molecule is C=C(C)C(=O)O.C=C(C)C(=O)O.CC=Cc1ccccc1. The highest BCUT2D eigenvalue weighted by atomic mass is 16.4.